The minimum absolute atomic E-state index is 0.00572. The molecule has 1 atom stereocenters. The van der Waals surface area contributed by atoms with Crippen LogP contribution < -0.4 is 5.32 Å². The molecule has 104 valence electrons. The smallest absolute Gasteiger partial charge is 0.245 e. The van der Waals surface area contributed by atoms with Crippen LogP contribution >= 0.6 is 15.9 Å². The Morgan fingerprint density at radius 3 is 2.85 bits per heavy atom. The van der Waals surface area contributed by atoms with E-state index in [9.17, 15) is 4.79 Å². The van der Waals surface area contributed by atoms with Gasteiger partial charge in [0.2, 0.25) is 5.91 Å². The van der Waals surface area contributed by atoms with Gasteiger partial charge in [-0.2, -0.15) is 5.10 Å². The van der Waals surface area contributed by atoms with Crippen LogP contribution in [0.2, 0.25) is 0 Å². The number of hydrogen-bond acceptors (Lipinski definition) is 2. The van der Waals surface area contributed by atoms with Gasteiger partial charge >= 0.3 is 0 Å². The zero-order valence-electron chi connectivity index (χ0n) is 11.2. The fraction of sp³-hybridized carbons (Fsp3) is 0.333. The highest BCUT2D eigenvalue weighted by Crippen LogP contribution is 2.46. The number of carbonyl (C=O) groups is 1. The maximum absolute atomic E-state index is 12.4. The molecule has 1 amide bonds. The van der Waals surface area contributed by atoms with Gasteiger partial charge in [0, 0.05) is 16.9 Å². The van der Waals surface area contributed by atoms with E-state index in [1.807, 2.05) is 31.3 Å². The number of amides is 1. The van der Waals surface area contributed by atoms with Crippen LogP contribution in [-0.4, -0.2) is 15.7 Å². The molecule has 0 spiro atoms. The molecule has 3 rings (SSSR count). The first-order valence-corrected chi connectivity index (χ1v) is 7.47. The normalized spacial score (nSPS) is 17.5. The van der Waals surface area contributed by atoms with Gasteiger partial charge in [-0.25, -0.2) is 0 Å². The maximum Gasteiger partial charge on any atom is 0.245 e. The Morgan fingerprint density at radius 1 is 1.45 bits per heavy atom. The average molecular weight is 334 g/mol. The standard InChI is InChI=1S/C15H16BrN3O/c1-11(19-9-3-8-17-19)14(20)18-15(6-7-15)12-4-2-5-13(16)10-12/h2-5,8-11H,6-7H2,1H3,(H,18,20)/t11-/m1/s1. The Kier molecular flexibility index (Phi) is 3.38. The summed E-state index contributed by atoms with van der Waals surface area (Å²) in [6.07, 6.45) is 5.47. The van der Waals surface area contributed by atoms with Crippen molar-refractivity contribution in [2.75, 3.05) is 0 Å². The number of rotatable bonds is 4. The van der Waals surface area contributed by atoms with Crippen molar-refractivity contribution in [1.82, 2.24) is 15.1 Å². The number of carbonyl (C=O) groups excluding carboxylic acids is 1. The number of halogens is 1. The summed E-state index contributed by atoms with van der Waals surface area (Å²) in [5.41, 5.74) is 0.968. The molecule has 20 heavy (non-hydrogen) atoms. The minimum Gasteiger partial charge on any atom is -0.345 e. The van der Waals surface area contributed by atoms with Crippen LogP contribution in [0.3, 0.4) is 0 Å². The lowest BCUT2D eigenvalue weighted by Gasteiger charge is -2.21. The number of hydrogen-bond donors (Lipinski definition) is 1. The molecule has 1 heterocycles. The van der Waals surface area contributed by atoms with Gasteiger partial charge in [0.15, 0.2) is 0 Å². The molecule has 1 aromatic carbocycles. The van der Waals surface area contributed by atoms with E-state index in [4.69, 9.17) is 0 Å². The summed E-state index contributed by atoms with van der Waals surface area (Å²) in [5.74, 6) is 0.00572. The Bertz CT molecular complexity index is 620. The van der Waals surface area contributed by atoms with Gasteiger partial charge < -0.3 is 5.32 Å². The highest BCUT2D eigenvalue weighted by atomic mass is 79.9. The van der Waals surface area contributed by atoms with Crippen molar-refractivity contribution in [3.8, 4) is 0 Å². The van der Waals surface area contributed by atoms with E-state index in [1.54, 1.807) is 10.9 Å². The molecule has 1 aliphatic rings. The Balaban J connectivity index is 1.76. The fourth-order valence-electron chi connectivity index (χ4n) is 2.37. The third kappa shape index (κ3) is 2.50. The third-order valence-corrected chi connectivity index (χ3v) is 4.28. The SMILES string of the molecule is C[C@H](C(=O)NC1(c2cccc(Br)c2)CC1)n1cccn1. The molecule has 2 aromatic rings. The van der Waals surface area contributed by atoms with Crippen LogP contribution in [0.1, 0.15) is 31.4 Å². The van der Waals surface area contributed by atoms with E-state index in [0.29, 0.717) is 0 Å². The van der Waals surface area contributed by atoms with E-state index in [1.165, 1.54) is 0 Å². The van der Waals surface area contributed by atoms with Crippen LogP contribution in [-0.2, 0) is 10.3 Å². The lowest BCUT2D eigenvalue weighted by atomic mass is 10.0. The molecule has 1 aliphatic carbocycles. The van der Waals surface area contributed by atoms with Crippen molar-refractivity contribution in [1.29, 1.82) is 0 Å². The molecule has 1 fully saturated rings. The Hall–Kier alpha value is -1.62. The predicted molar refractivity (Wildman–Crippen MR) is 80.1 cm³/mol. The van der Waals surface area contributed by atoms with E-state index >= 15 is 0 Å². The van der Waals surface area contributed by atoms with E-state index in [2.05, 4.69) is 38.5 Å². The summed E-state index contributed by atoms with van der Waals surface area (Å²) in [7, 11) is 0. The zero-order chi connectivity index (χ0) is 14.2. The lowest BCUT2D eigenvalue weighted by molar-refractivity contribution is -0.125. The highest BCUT2D eigenvalue weighted by molar-refractivity contribution is 9.10. The summed E-state index contributed by atoms with van der Waals surface area (Å²) < 4.78 is 2.71. The quantitative estimate of drug-likeness (QED) is 0.934. The fourth-order valence-corrected chi connectivity index (χ4v) is 2.77. The summed E-state index contributed by atoms with van der Waals surface area (Å²) in [5, 5.41) is 7.30. The van der Waals surface area contributed by atoms with Crippen LogP contribution in [0.15, 0.2) is 47.2 Å². The molecule has 4 nitrogen and oxygen atoms in total. The second-order valence-corrected chi connectivity index (χ2v) is 6.16. The van der Waals surface area contributed by atoms with Gasteiger partial charge in [0.25, 0.3) is 0 Å². The van der Waals surface area contributed by atoms with Crippen LogP contribution in [0.4, 0.5) is 0 Å². The van der Waals surface area contributed by atoms with Crippen molar-refractivity contribution in [2.45, 2.75) is 31.3 Å². The van der Waals surface area contributed by atoms with E-state index in [0.717, 1.165) is 22.9 Å². The van der Waals surface area contributed by atoms with Crippen molar-refractivity contribution in [2.24, 2.45) is 0 Å². The first-order chi connectivity index (χ1) is 9.61. The number of nitrogens with zero attached hydrogens (tertiary/aromatic N) is 2. The summed E-state index contributed by atoms with van der Waals surface area (Å²) in [4.78, 5) is 12.4. The van der Waals surface area contributed by atoms with E-state index in [-0.39, 0.29) is 17.5 Å². The molecule has 0 aliphatic heterocycles. The third-order valence-electron chi connectivity index (χ3n) is 3.79. The molecule has 0 bridgehead atoms. The topological polar surface area (TPSA) is 46.9 Å². The molecule has 1 saturated carbocycles. The molecule has 0 saturated heterocycles. The minimum atomic E-state index is -0.297. The van der Waals surface area contributed by atoms with Crippen LogP contribution in [0.5, 0.6) is 0 Å². The first-order valence-electron chi connectivity index (χ1n) is 6.68. The summed E-state index contributed by atoms with van der Waals surface area (Å²) in [6.45, 7) is 1.86. The van der Waals surface area contributed by atoms with Crippen molar-refractivity contribution >= 4 is 21.8 Å². The van der Waals surface area contributed by atoms with Gasteiger partial charge in [0.1, 0.15) is 6.04 Å². The Labute approximate surface area is 126 Å². The van der Waals surface area contributed by atoms with Gasteiger partial charge in [-0.05, 0) is 43.5 Å². The number of benzene rings is 1. The van der Waals surface area contributed by atoms with Gasteiger partial charge in [0.05, 0.1) is 5.54 Å². The largest absolute Gasteiger partial charge is 0.345 e. The summed E-state index contributed by atoms with van der Waals surface area (Å²) >= 11 is 3.48. The van der Waals surface area contributed by atoms with Crippen molar-refractivity contribution < 1.29 is 4.79 Å². The molecular weight excluding hydrogens is 318 g/mol. The number of aromatic nitrogens is 2. The van der Waals surface area contributed by atoms with Gasteiger partial charge in [-0.3, -0.25) is 9.48 Å². The van der Waals surface area contributed by atoms with Gasteiger partial charge in [-0.1, -0.05) is 28.1 Å². The predicted octanol–water partition coefficient (Wildman–Crippen LogP) is 3.01. The van der Waals surface area contributed by atoms with Crippen LogP contribution in [0, 0.1) is 0 Å². The molecule has 0 unspecified atom stereocenters. The maximum atomic E-state index is 12.4. The van der Waals surface area contributed by atoms with Crippen molar-refractivity contribution in [3.63, 3.8) is 0 Å². The number of nitrogens with one attached hydrogen (secondary N) is 1. The monoisotopic (exact) mass is 333 g/mol. The molecule has 1 aromatic heterocycles. The zero-order valence-corrected chi connectivity index (χ0v) is 12.8. The first kappa shape index (κ1) is 13.4. The molecule has 1 N–H and O–H groups in total. The van der Waals surface area contributed by atoms with Gasteiger partial charge in [-0.15, -0.1) is 0 Å². The van der Waals surface area contributed by atoms with Crippen molar-refractivity contribution in [3.05, 3.63) is 52.8 Å². The van der Waals surface area contributed by atoms with E-state index < -0.39 is 0 Å². The molecular formula is C15H16BrN3O. The second kappa shape index (κ2) is 5.05. The van der Waals surface area contributed by atoms with Crippen LogP contribution in [0.25, 0.3) is 0 Å². The Morgan fingerprint density at radius 2 is 2.25 bits per heavy atom. The highest BCUT2D eigenvalue weighted by Gasteiger charge is 2.46. The lowest BCUT2D eigenvalue weighted by Crippen LogP contribution is -2.39. The summed E-state index contributed by atoms with van der Waals surface area (Å²) in [6, 6.07) is 9.67. The molecule has 0 radical (unpaired) electrons. The average Bonchev–Trinajstić information content (AvgIpc) is 3.02. The molecule has 5 heteroatoms. The second-order valence-electron chi connectivity index (χ2n) is 5.24.